The molecule has 5 nitrogen and oxygen atoms in total. The molecule has 3 heterocycles. The summed E-state index contributed by atoms with van der Waals surface area (Å²) in [6.45, 7) is 0. The smallest absolute Gasteiger partial charge is 0.157 e. The van der Waals surface area contributed by atoms with Gasteiger partial charge in [-0.15, -0.1) is 0 Å². The molecule has 0 spiro atoms. The number of hydrogen-bond donors (Lipinski definition) is 1. The van der Waals surface area contributed by atoms with E-state index in [2.05, 4.69) is 10.1 Å². The van der Waals surface area contributed by atoms with E-state index in [1.165, 1.54) is 0 Å². The first kappa shape index (κ1) is 11.7. The molecule has 0 aliphatic carbocycles. The zero-order valence-corrected chi connectivity index (χ0v) is 11.1. The molecule has 21 heavy (non-hydrogen) atoms. The maximum atomic E-state index is 6.06. The van der Waals surface area contributed by atoms with Crippen LogP contribution in [0, 0.1) is 0 Å². The van der Waals surface area contributed by atoms with Gasteiger partial charge in [0, 0.05) is 11.6 Å². The number of rotatable bonds is 2. The summed E-state index contributed by atoms with van der Waals surface area (Å²) in [5.41, 5.74) is 8.06. The van der Waals surface area contributed by atoms with E-state index >= 15 is 0 Å². The quantitative estimate of drug-likeness (QED) is 0.610. The lowest BCUT2D eigenvalue weighted by Crippen LogP contribution is -1.96. The van der Waals surface area contributed by atoms with Crippen LogP contribution in [0.3, 0.4) is 0 Å². The average Bonchev–Trinajstić information content (AvgIpc) is 3.11. The van der Waals surface area contributed by atoms with E-state index in [9.17, 15) is 0 Å². The van der Waals surface area contributed by atoms with Crippen molar-refractivity contribution in [1.82, 2.24) is 14.8 Å². The molecule has 0 radical (unpaired) electrons. The second-order valence-corrected chi connectivity index (χ2v) is 4.71. The van der Waals surface area contributed by atoms with Crippen LogP contribution in [-0.4, -0.2) is 14.8 Å². The van der Waals surface area contributed by atoms with Gasteiger partial charge in [-0.2, -0.15) is 5.10 Å². The van der Waals surface area contributed by atoms with Gasteiger partial charge >= 0.3 is 0 Å². The van der Waals surface area contributed by atoms with Crippen LogP contribution in [0.25, 0.3) is 28.2 Å². The van der Waals surface area contributed by atoms with E-state index in [0.29, 0.717) is 23.0 Å². The molecular weight excluding hydrogens is 264 g/mol. The Hall–Kier alpha value is -3.08. The van der Waals surface area contributed by atoms with Crippen LogP contribution in [-0.2, 0) is 0 Å². The van der Waals surface area contributed by atoms with Gasteiger partial charge in [-0.25, -0.2) is 9.67 Å². The molecule has 1 aromatic carbocycles. The van der Waals surface area contributed by atoms with Gasteiger partial charge in [-0.1, -0.05) is 24.3 Å². The van der Waals surface area contributed by atoms with E-state index in [4.69, 9.17) is 10.2 Å². The van der Waals surface area contributed by atoms with Crippen molar-refractivity contribution in [1.29, 1.82) is 0 Å². The number of furan rings is 1. The first-order valence-electron chi connectivity index (χ1n) is 6.57. The van der Waals surface area contributed by atoms with Crippen molar-refractivity contribution >= 4 is 16.7 Å². The largest absolute Gasteiger partial charge is 0.454 e. The van der Waals surface area contributed by atoms with Crippen molar-refractivity contribution in [2.45, 2.75) is 0 Å². The summed E-state index contributed by atoms with van der Waals surface area (Å²) in [5, 5.41) is 5.51. The van der Waals surface area contributed by atoms with Crippen molar-refractivity contribution in [2.75, 3.05) is 5.73 Å². The number of fused-ring (bicyclic) bond motifs is 1. The highest BCUT2D eigenvalue weighted by molar-refractivity contribution is 5.84. The van der Waals surface area contributed by atoms with Crippen molar-refractivity contribution in [3.8, 4) is 17.3 Å². The molecule has 0 amide bonds. The van der Waals surface area contributed by atoms with Crippen LogP contribution in [0.4, 0.5) is 5.69 Å². The molecule has 4 aromatic rings. The molecular formula is C16H12N4O. The van der Waals surface area contributed by atoms with Gasteiger partial charge in [-0.05, 0) is 24.3 Å². The van der Waals surface area contributed by atoms with Gasteiger partial charge in [0.25, 0.3) is 0 Å². The number of nitrogens with two attached hydrogens (primary N) is 1. The Balaban J connectivity index is 1.84. The summed E-state index contributed by atoms with van der Waals surface area (Å²) in [4.78, 5) is 4.25. The maximum Gasteiger partial charge on any atom is 0.157 e. The van der Waals surface area contributed by atoms with Crippen molar-refractivity contribution in [2.24, 2.45) is 0 Å². The Labute approximate surface area is 120 Å². The first-order valence-corrected chi connectivity index (χ1v) is 6.57. The first-order chi connectivity index (χ1) is 10.3. The van der Waals surface area contributed by atoms with E-state index in [1.54, 1.807) is 17.1 Å². The van der Waals surface area contributed by atoms with Crippen LogP contribution in [0.5, 0.6) is 0 Å². The summed E-state index contributed by atoms with van der Waals surface area (Å²) in [7, 11) is 0. The highest BCUT2D eigenvalue weighted by atomic mass is 16.3. The van der Waals surface area contributed by atoms with Crippen molar-refractivity contribution < 1.29 is 4.42 Å². The third-order valence-electron chi connectivity index (χ3n) is 3.29. The topological polar surface area (TPSA) is 69.9 Å². The molecule has 0 atom stereocenters. The van der Waals surface area contributed by atoms with E-state index in [-0.39, 0.29) is 0 Å². The minimum atomic E-state index is 0.555. The lowest BCUT2D eigenvalue weighted by atomic mass is 10.2. The normalized spacial score (nSPS) is 11.0. The Morgan fingerprint density at radius 1 is 1.05 bits per heavy atom. The summed E-state index contributed by atoms with van der Waals surface area (Å²) < 4.78 is 7.46. The predicted octanol–water partition coefficient (Wildman–Crippen LogP) is 3.26. The highest BCUT2D eigenvalue weighted by Gasteiger charge is 2.14. The third kappa shape index (κ3) is 1.95. The lowest BCUT2D eigenvalue weighted by molar-refractivity contribution is 0.627. The van der Waals surface area contributed by atoms with Gasteiger partial charge in [0.15, 0.2) is 17.3 Å². The number of benzene rings is 1. The molecule has 3 aromatic heterocycles. The number of aromatic nitrogens is 3. The standard InChI is InChI=1S/C16H12N4O/c17-12-10-20(15-7-3-4-8-18-15)19-16(12)14-9-11-5-1-2-6-13(11)21-14/h1-10H,17H2. The number of nitrogen functional groups attached to an aromatic ring is 1. The zero-order valence-electron chi connectivity index (χ0n) is 11.1. The van der Waals surface area contributed by atoms with Crippen LogP contribution in [0.15, 0.2) is 65.3 Å². The molecule has 0 unspecified atom stereocenters. The summed E-state index contributed by atoms with van der Waals surface area (Å²) in [5.74, 6) is 1.37. The molecule has 0 saturated carbocycles. The molecule has 102 valence electrons. The van der Waals surface area contributed by atoms with Gasteiger partial charge in [0.2, 0.25) is 0 Å². The number of nitrogens with zero attached hydrogens (tertiary/aromatic N) is 3. The lowest BCUT2D eigenvalue weighted by Gasteiger charge is -1.97. The van der Waals surface area contributed by atoms with Gasteiger partial charge < -0.3 is 10.2 Å². The zero-order chi connectivity index (χ0) is 14.2. The van der Waals surface area contributed by atoms with E-state index in [1.807, 2.05) is 48.5 Å². The number of hydrogen-bond acceptors (Lipinski definition) is 4. The summed E-state index contributed by atoms with van der Waals surface area (Å²) in [6.07, 6.45) is 3.46. The second kappa shape index (κ2) is 4.49. The van der Waals surface area contributed by atoms with Gasteiger partial charge in [-0.3, -0.25) is 0 Å². The molecule has 0 aliphatic rings. The fourth-order valence-electron chi connectivity index (χ4n) is 2.28. The molecule has 0 bridgehead atoms. The molecule has 0 fully saturated rings. The Bertz CT molecular complexity index is 875. The minimum Gasteiger partial charge on any atom is -0.454 e. The Kier molecular flexibility index (Phi) is 2.50. The number of para-hydroxylation sites is 1. The Morgan fingerprint density at radius 3 is 2.71 bits per heavy atom. The monoisotopic (exact) mass is 276 g/mol. The maximum absolute atomic E-state index is 6.06. The van der Waals surface area contributed by atoms with Crippen molar-refractivity contribution in [3.05, 3.63) is 60.9 Å². The van der Waals surface area contributed by atoms with Gasteiger partial charge in [0.05, 0.1) is 11.9 Å². The molecule has 0 aliphatic heterocycles. The molecule has 5 heteroatoms. The average molecular weight is 276 g/mol. The summed E-state index contributed by atoms with van der Waals surface area (Å²) in [6, 6.07) is 15.4. The molecule has 0 saturated heterocycles. The highest BCUT2D eigenvalue weighted by Crippen LogP contribution is 2.30. The third-order valence-corrected chi connectivity index (χ3v) is 3.29. The van der Waals surface area contributed by atoms with Gasteiger partial charge in [0.1, 0.15) is 5.58 Å². The predicted molar refractivity (Wildman–Crippen MR) is 81.0 cm³/mol. The van der Waals surface area contributed by atoms with Crippen molar-refractivity contribution in [3.63, 3.8) is 0 Å². The Morgan fingerprint density at radius 2 is 1.90 bits per heavy atom. The second-order valence-electron chi connectivity index (χ2n) is 4.71. The van der Waals surface area contributed by atoms with Crippen LogP contribution >= 0.6 is 0 Å². The number of anilines is 1. The van der Waals surface area contributed by atoms with E-state index in [0.717, 1.165) is 11.0 Å². The van der Waals surface area contributed by atoms with Crippen LogP contribution in [0.1, 0.15) is 0 Å². The van der Waals surface area contributed by atoms with Crippen LogP contribution < -0.4 is 5.73 Å². The molecule has 2 N–H and O–H groups in total. The summed E-state index contributed by atoms with van der Waals surface area (Å²) >= 11 is 0. The molecule has 4 rings (SSSR count). The fraction of sp³-hybridized carbons (Fsp3) is 0. The fourth-order valence-corrected chi connectivity index (χ4v) is 2.28. The SMILES string of the molecule is Nc1cn(-c2ccccn2)nc1-c1cc2ccccc2o1. The minimum absolute atomic E-state index is 0.555. The van der Waals surface area contributed by atoms with E-state index < -0.39 is 0 Å². The van der Waals surface area contributed by atoms with Crippen LogP contribution in [0.2, 0.25) is 0 Å². The number of pyridine rings is 1.